The number of nitrogens with one attached hydrogen (secondary N) is 2. The van der Waals surface area contributed by atoms with Gasteiger partial charge in [-0.2, -0.15) is 0 Å². The van der Waals surface area contributed by atoms with Crippen LogP contribution in [0, 0.1) is 0 Å². The Morgan fingerprint density at radius 3 is 1.05 bits per heavy atom. The largest absolute Gasteiger partial charge is 0.324 e. The zero-order valence-corrected chi connectivity index (χ0v) is 25.2. The minimum absolute atomic E-state index is 0.0511. The molecule has 1 heterocycles. The summed E-state index contributed by atoms with van der Waals surface area (Å²) in [7, 11) is 0. The molecule has 1 aromatic heterocycles. The van der Waals surface area contributed by atoms with E-state index in [1.807, 2.05) is 10.8 Å². The molecule has 1 aromatic rings. The Bertz CT molecular complexity index is 619. The number of thiophene rings is 1. The van der Waals surface area contributed by atoms with Crippen LogP contribution in [0.15, 0.2) is 10.8 Å². The van der Waals surface area contributed by atoms with E-state index in [-0.39, 0.29) is 11.8 Å². The summed E-state index contributed by atoms with van der Waals surface area (Å²) >= 11 is 1.51. The van der Waals surface area contributed by atoms with Gasteiger partial charge in [0.1, 0.15) is 0 Å². The van der Waals surface area contributed by atoms with Crippen molar-refractivity contribution in [2.45, 2.75) is 168 Å². The second kappa shape index (κ2) is 24.9. The molecule has 0 unspecified atom stereocenters. The Kier molecular flexibility index (Phi) is 22.7. The number of hydrogen-bond donors (Lipinski definition) is 2. The van der Waals surface area contributed by atoms with Gasteiger partial charge < -0.3 is 10.6 Å². The van der Waals surface area contributed by atoms with E-state index in [1.54, 1.807) is 0 Å². The van der Waals surface area contributed by atoms with Crippen LogP contribution >= 0.6 is 11.3 Å². The van der Waals surface area contributed by atoms with Gasteiger partial charge in [-0.15, -0.1) is 11.3 Å². The quantitative estimate of drug-likeness (QED) is 0.116. The second-order valence-electron chi connectivity index (χ2n) is 10.9. The van der Waals surface area contributed by atoms with Gasteiger partial charge in [0.15, 0.2) is 0 Å². The van der Waals surface area contributed by atoms with Crippen molar-refractivity contribution in [3.63, 3.8) is 0 Å². The summed E-state index contributed by atoms with van der Waals surface area (Å²) in [5.41, 5.74) is 1.48. The van der Waals surface area contributed by atoms with Gasteiger partial charge in [0.25, 0.3) is 0 Å². The van der Waals surface area contributed by atoms with Crippen molar-refractivity contribution in [1.29, 1.82) is 0 Å². The molecule has 0 saturated heterocycles. The molecule has 0 aromatic carbocycles. The fourth-order valence-electron chi connectivity index (χ4n) is 4.82. The van der Waals surface area contributed by atoms with Crippen molar-refractivity contribution >= 4 is 34.5 Å². The summed E-state index contributed by atoms with van der Waals surface area (Å²) in [4.78, 5) is 24.7. The fourth-order valence-corrected chi connectivity index (χ4v) is 5.53. The van der Waals surface area contributed by atoms with Gasteiger partial charge in [0, 0.05) is 23.6 Å². The molecule has 0 aliphatic rings. The number of anilines is 2. The summed E-state index contributed by atoms with van der Waals surface area (Å²) in [6, 6.07) is 0. The molecule has 214 valence electrons. The minimum atomic E-state index is 0.0511. The van der Waals surface area contributed by atoms with Gasteiger partial charge in [-0.3, -0.25) is 9.59 Å². The smallest absolute Gasteiger partial charge is 0.224 e. The number of carbonyl (C=O) groups is 2. The molecule has 5 heteroatoms. The fraction of sp³-hybridized carbons (Fsp3) is 0.812. The van der Waals surface area contributed by atoms with E-state index in [0.717, 1.165) is 37.1 Å². The van der Waals surface area contributed by atoms with Crippen LogP contribution in [0.2, 0.25) is 0 Å². The van der Waals surface area contributed by atoms with Gasteiger partial charge in [0.05, 0.1) is 11.4 Å². The van der Waals surface area contributed by atoms with Crippen molar-refractivity contribution in [2.75, 3.05) is 10.6 Å². The number of rotatable bonds is 26. The number of amides is 2. The van der Waals surface area contributed by atoms with Gasteiger partial charge >= 0.3 is 0 Å². The van der Waals surface area contributed by atoms with E-state index in [4.69, 9.17) is 0 Å². The molecule has 0 aliphatic carbocycles. The third-order valence-electron chi connectivity index (χ3n) is 7.22. The maximum atomic E-state index is 12.4. The van der Waals surface area contributed by atoms with Crippen molar-refractivity contribution in [3.8, 4) is 0 Å². The molecule has 2 N–H and O–H groups in total. The lowest BCUT2D eigenvalue weighted by atomic mass is 10.1. The average Bonchev–Trinajstić information content (AvgIpc) is 3.31. The molecule has 0 atom stereocenters. The first-order chi connectivity index (χ1) is 18.2. The van der Waals surface area contributed by atoms with Crippen LogP contribution in [-0.2, 0) is 9.59 Å². The van der Waals surface area contributed by atoms with Crippen molar-refractivity contribution < 1.29 is 9.59 Å². The lowest BCUT2D eigenvalue weighted by Gasteiger charge is -2.09. The van der Waals surface area contributed by atoms with Crippen LogP contribution in [0.25, 0.3) is 0 Å². The average molecular weight is 535 g/mol. The van der Waals surface area contributed by atoms with Crippen LogP contribution in [0.4, 0.5) is 11.4 Å². The van der Waals surface area contributed by atoms with Crippen LogP contribution in [0.5, 0.6) is 0 Å². The SMILES string of the molecule is CCCCCCCCCCCCCC(=O)Nc1cscc1NC(=O)CCCCCCCCCCCCC. The maximum Gasteiger partial charge on any atom is 0.224 e. The third-order valence-corrected chi connectivity index (χ3v) is 7.97. The Labute approximate surface area is 233 Å². The number of carbonyl (C=O) groups excluding carboxylic acids is 2. The molecule has 1 rings (SSSR count). The maximum absolute atomic E-state index is 12.4. The number of hydrogen-bond acceptors (Lipinski definition) is 3. The normalized spacial score (nSPS) is 11.1. The molecule has 0 fully saturated rings. The molecule has 0 spiro atoms. The summed E-state index contributed by atoms with van der Waals surface area (Å²) in [6.45, 7) is 4.52. The highest BCUT2D eigenvalue weighted by atomic mass is 32.1. The summed E-state index contributed by atoms with van der Waals surface area (Å²) < 4.78 is 0. The molecule has 0 bridgehead atoms. The second-order valence-corrected chi connectivity index (χ2v) is 11.6. The van der Waals surface area contributed by atoms with Gasteiger partial charge in [-0.1, -0.05) is 142 Å². The summed E-state index contributed by atoms with van der Waals surface area (Å²) in [6.07, 6.45) is 29.3. The minimum Gasteiger partial charge on any atom is -0.324 e. The van der Waals surface area contributed by atoms with Gasteiger partial charge in [-0.25, -0.2) is 0 Å². The lowest BCUT2D eigenvalue weighted by Crippen LogP contribution is -2.15. The first kappa shape index (κ1) is 33.7. The van der Waals surface area contributed by atoms with E-state index >= 15 is 0 Å². The molecule has 2 amide bonds. The standard InChI is InChI=1S/C32H58N2O2S/c1-3-5-7-9-11-13-15-17-19-21-23-25-31(35)33-29-27-37-28-30(29)34-32(36)26-24-22-20-18-16-14-12-10-8-6-4-2/h27-28H,3-26H2,1-2H3,(H,33,35)(H,34,36). The Morgan fingerprint density at radius 2 is 0.757 bits per heavy atom. The predicted molar refractivity (Wildman–Crippen MR) is 164 cm³/mol. The Balaban J connectivity index is 2.03. The molecular formula is C32H58N2O2S. The first-order valence-electron chi connectivity index (χ1n) is 15.8. The molecule has 37 heavy (non-hydrogen) atoms. The van der Waals surface area contributed by atoms with E-state index in [2.05, 4.69) is 24.5 Å². The molecule has 0 aliphatic heterocycles. The van der Waals surface area contributed by atoms with Crippen LogP contribution in [0.1, 0.15) is 168 Å². The van der Waals surface area contributed by atoms with Gasteiger partial charge in [0.2, 0.25) is 11.8 Å². The van der Waals surface area contributed by atoms with E-state index in [0.29, 0.717) is 12.8 Å². The summed E-state index contributed by atoms with van der Waals surface area (Å²) in [5.74, 6) is 0.102. The highest BCUT2D eigenvalue weighted by Gasteiger charge is 2.11. The highest BCUT2D eigenvalue weighted by molar-refractivity contribution is 7.09. The van der Waals surface area contributed by atoms with E-state index in [1.165, 1.54) is 127 Å². The topological polar surface area (TPSA) is 58.2 Å². The van der Waals surface area contributed by atoms with E-state index < -0.39 is 0 Å². The third kappa shape index (κ3) is 20.3. The monoisotopic (exact) mass is 534 g/mol. The molecule has 4 nitrogen and oxygen atoms in total. The summed E-state index contributed by atoms with van der Waals surface area (Å²) in [5, 5.41) is 9.83. The van der Waals surface area contributed by atoms with E-state index in [9.17, 15) is 9.59 Å². The zero-order valence-electron chi connectivity index (χ0n) is 24.4. The Morgan fingerprint density at radius 1 is 0.486 bits per heavy atom. The molecular weight excluding hydrogens is 476 g/mol. The molecule has 0 saturated carbocycles. The van der Waals surface area contributed by atoms with Crippen molar-refractivity contribution in [1.82, 2.24) is 0 Å². The number of unbranched alkanes of at least 4 members (excludes halogenated alkanes) is 20. The van der Waals surface area contributed by atoms with Gasteiger partial charge in [-0.05, 0) is 12.8 Å². The van der Waals surface area contributed by atoms with Crippen molar-refractivity contribution in [3.05, 3.63) is 10.8 Å². The van der Waals surface area contributed by atoms with Crippen LogP contribution < -0.4 is 10.6 Å². The first-order valence-corrected chi connectivity index (χ1v) is 16.8. The zero-order chi connectivity index (χ0) is 26.8. The van der Waals surface area contributed by atoms with Crippen LogP contribution in [0.3, 0.4) is 0 Å². The molecule has 0 radical (unpaired) electrons. The highest BCUT2D eigenvalue weighted by Crippen LogP contribution is 2.27. The predicted octanol–water partition coefficient (Wildman–Crippen LogP) is 11.0. The van der Waals surface area contributed by atoms with Crippen molar-refractivity contribution in [2.24, 2.45) is 0 Å². The lowest BCUT2D eigenvalue weighted by molar-refractivity contribution is -0.117. The van der Waals surface area contributed by atoms with Crippen LogP contribution in [-0.4, -0.2) is 11.8 Å². The Hall–Kier alpha value is -1.36.